The van der Waals surface area contributed by atoms with Gasteiger partial charge in [-0.25, -0.2) is 5.43 Å². The van der Waals surface area contributed by atoms with E-state index in [1.807, 2.05) is 18.2 Å². The molecule has 5 nitrogen and oxygen atoms in total. The first-order valence-electron chi connectivity index (χ1n) is 4.49. The van der Waals surface area contributed by atoms with E-state index in [9.17, 15) is 4.79 Å². The molecule has 0 saturated carbocycles. The van der Waals surface area contributed by atoms with E-state index in [4.69, 9.17) is 11.6 Å². The van der Waals surface area contributed by atoms with E-state index in [-0.39, 0.29) is 5.91 Å². The van der Waals surface area contributed by atoms with Crippen molar-refractivity contribution in [1.82, 2.24) is 5.43 Å². The highest BCUT2D eigenvalue weighted by atomic mass is 32.2. The summed E-state index contributed by atoms with van der Waals surface area (Å²) in [6, 6.07) is 5.67. The average molecular weight is 224 g/mol. The molecule has 0 radical (unpaired) electrons. The van der Waals surface area contributed by atoms with Crippen molar-refractivity contribution in [3.05, 3.63) is 23.8 Å². The predicted molar refractivity (Wildman–Crippen MR) is 60.0 cm³/mol. The van der Waals surface area contributed by atoms with Crippen LogP contribution in [0.25, 0.3) is 0 Å². The molecular weight excluding hydrogens is 212 g/mol. The number of thioether (sulfide) groups is 1. The monoisotopic (exact) mass is 224 g/mol. The highest BCUT2D eigenvalue weighted by Crippen LogP contribution is 2.32. The summed E-state index contributed by atoms with van der Waals surface area (Å²) in [4.78, 5) is 12.2. The number of amides is 1. The Hall–Kier alpha value is -1.08. The van der Waals surface area contributed by atoms with E-state index in [1.165, 1.54) is 11.8 Å². The van der Waals surface area contributed by atoms with Crippen molar-refractivity contribution in [3.63, 3.8) is 0 Å². The molecule has 1 unspecified atom stereocenters. The molecule has 0 spiro atoms. The molecule has 1 aromatic rings. The Morgan fingerprint density at radius 1 is 1.53 bits per heavy atom. The van der Waals surface area contributed by atoms with Gasteiger partial charge in [-0.1, -0.05) is 6.07 Å². The summed E-state index contributed by atoms with van der Waals surface area (Å²) in [6.07, 6.45) is -0.417. The van der Waals surface area contributed by atoms with Gasteiger partial charge in [0.25, 0.3) is 0 Å². The number of hydrazine groups is 1. The summed E-state index contributed by atoms with van der Waals surface area (Å²) >= 11 is 1.52. The first-order chi connectivity index (χ1) is 7.20. The van der Waals surface area contributed by atoms with Crippen molar-refractivity contribution in [3.8, 4) is 0 Å². The van der Waals surface area contributed by atoms with Crippen LogP contribution in [0.5, 0.6) is 0 Å². The summed E-state index contributed by atoms with van der Waals surface area (Å²) in [5.41, 5.74) is 9.82. The van der Waals surface area contributed by atoms with Crippen molar-refractivity contribution in [1.29, 1.82) is 0 Å². The molecule has 1 heterocycles. The number of benzene rings is 1. The highest BCUT2D eigenvalue weighted by Gasteiger charge is 2.16. The van der Waals surface area contributed by atoms with Crippen LogP contribution in [0, 0.1) is 0 Å². The number of fused-ring (bicyclic) bond motifs is 1. The van der Waals surface area contributed by atoms with Crippen LogP contribution < -0.4 is 22.3 Å². The number of rotatable bonds is 2. The number of hydrogen-bond donors (Lipinski definition) is 4. The third-order valence-electron chi connectivity index (χ3n) is 2.18. The third-order valence-corrected chi connectivity index (χ3v) is 3.25. The lowest BCUT2D eigenvalue weighted by molar-refractivity contribution is -0.113. The van der Waals surface area contributed by atoms with Gasteiger partial charge in [0.2, 0.25) is 5.91 Å². The van der Waals surface area contributed by atoms with Crippen LogP contribution in [-0.4, -0.2) is 11.7 Å². The normalized spacial score (nSPS) is 16.8. The second kappa shape index (κ2) is 4.19. The van der Waals surface area contributed by atoms with Gasteiger partial charge in [-0.2, -0.15) is 0 Å². The summed E-state index contributed by atoms with van der Waals surface area (Å²) in [7, 11) is 0. The van der Waals surface area contributed by atoms with Crippen LogP contribution in [-0.2, 0) is 4.79 Å². The van der Waals surface area contributed by atoms with Crippen molar-refractivity contribution < 1.29 is 4.79 Å². The van der Waals surface area contributed by atoms with Crippen molar-refractivity contribution in [2.45, 2.75) is 11.1 Å². The number of carbonyl (C=O) groups is 1. The first-order valence-corrected chi connectivity index (χ1v) is 5.47. The smallest absolute Gasteiger partial charge is 0.234 e. The summed E-state index contributed by atoms with van der Waals surface area (Å²) in [5, 5.41) is 2.80. The minimum absolute atomic E-state index is 0.0129. The molecule has 1 aliphatic rings. The fourth-order valence-electron chi connectivity index (χ4n) is 1.39. The molecule has 1 amide bonds. The van der Waals surface area contributed by atoms with Crippen LogP contribution in [0.2, 0.25) is 0 Å². The lowest BCUT2D eigenvalue weighted by atomic mass is 10.1. The van der Waals surface area contributed by atoms with Gasteiger partial charge in [-0.15, -0.1) is 11.8 Å². The molecule has 0 bridgehead atoms. The van der Waals surface area contributed by atoms with Gasteiger partial charge >= 0.3 is 0 Å². The van der Waals surface area contributed by atoms with E-state index < -0.39 is 6.17 Å². The molecule has 2 rings (SSSR count). The largest absolute Gasteiger partial charge is 0.324 e. The number of hydrogen-bond acceptors (Lipinski definition) is 5. The number of carbonyl (C=O) groups excluding carboxylic acids is 1. The maximum absolute atomic E-state index is 11.2. The Bertz CT molecular complexity index is 396. The van der Waals surface area contributed by atoms with Crippen molar-refractivity contribution >= 4 is 23.4 Å². The molecule has 0 aromatic heterocycles. The van der Waals surface area contributed by atoms with Crippen LogP contribution in [0.3, 0.4) is 0 Å². The average Bonchev–Trinajstić information content (AvgIpc) is 2.27. The summed E-state index contributed by atoms with van der Waals surface area (Å²) < 4.78 is 0. The van der Waals surface area contributed by atoms with Crippen LogP contribution in [0.1, 0.15) is 11.7 Å². The zero-order valence-electron chi connectivity index (χ0n) is 7.99. The Kier molecular flexibility index (Phi) is 2.92. The molecule has 1 atom stereocenters. The lowest BCUT2D eigenvalue weighted by Crippen LogP contribution is -2.34. The van der Waals surface area contributed by atoms with Crippen molar-refractivity contribution in [2.24, 2.45) is 11.6 Å². The Labute approximate surface area is 91.6 Å². The molecule has 0 aliphatic carbocycles. The summed E-state index contributed by atoms with van der Waals surface area (Å²) in [6.45, 7) is 0. The molecule has 1 aliphatic heterocycles. The minimum atomic E-state index is -0.417. The van der Waals surface area contributed by atoms with Crippen LogP contribution >= 0.6 is 11.8 Å². The molecule has 1 aromatic carbocycles. The molecule has 0 fully saturated rings. The fourth-order valence-corrected chi connectivity index (χ4v) is 2.18. The summed E-state index contributed by atoms with van der Waals surface area (Å²) in [5.74, 6) is 5.72. The first kappa shape index (κ1) is 10.4. The zero-order chi connectivity index (χ0) is 10.8. The highest BCUT2D eigenvalue weighted by molar-refractivity contribution is 8.00. The molecule has 80 valence electrons. The topological polar surface area (TPSA) is 93.2 Å². The molecule has 6 heteroatoms. The lowest BCUT2D eigenvalue weighted by Gasteiger charge is -2.18. The molecule has 15 heavy (non-hydrogen) atoms. The van der Waals surface area contributed by atoms with Crippen LogP contribution in [0.15, 0.2) is 23.1 Å². The van der Waals surface area contributed by atoms with Gasteiger partial charge in [0.05, 0.1) is 17.6 Å². The van der Waals surface area contributed by atoms with Gasteiger partial charge in [-0.3, -0.25) is 10.6 Å². The van der Waals surface area contributed by atoms with E-state index in [0.29, 0.717) is 5.75 Å². The molecular formula is C9H12N4OS. The zero-order valence-corrected chi connectivity index (χ0v) is 8.80. The van der Waals surface area contributed by atoms with Gasteiger partial charge in [-0.05, 0) is 17.7 Å². The minimum Gasteiger partial charge on any atom is -0.324 e. The van der Waals surface area contributed by atoms with Gasteiger partial charge in [0.1, 0.15) is 0 Å². The second-order valence-corrected chi connectivity index (χ2v) is 4.25. The molecule has 0 saturated heterocycles. The van der Waals surface area contributed by atoms with E-state index >= 15 is 0 Å². The number of nitrogens with two attached hydrogens (primary N) is 2. The van der Waals surface area contributed by atoms with Crippen molar-refractivity contribution in [2.75, 3.05) is 11.1 Å². The number of nitrogens with one attached hydrogen (secondary N) is 2. The van der Waals surface area contributed by atoms with E-state index in [1.54, 1.807) is 0 Å². The number of anilines is 1. The quantitative estimate of drug-likeness (QED) is 0.326. The third kappa shape index (κ3) is 2.13. The van der Waals surface area contributed by atoms with Crippen LogP contribution in [0.4, 0.5) is 5.69 Å². The van der Waals surface area contributed by atoms with Gasteiger partial charge < -0.3 is 11.1 Å². The predicted octanol–water partition coefficient (Wildman–Crippen LogP) is 0.151. The van der Waals surface area contributed by atoms with Gasteiger partial charge in [0, 0.05) is 4.90 Å². The maximum Gasteiger partial charge on any atom is 0.234 e. The Morgan fingerprint density at radius 2 is 2.33 bits per heavy atom. The second-order valence-electron chi connectivity index (χ2n) is 3.24. The fraction of sp³-hybridized carbons (Fsp3) is 0.222. The SMILES string of the molecule is NNC(N)c1ccc2c(c1)NC(=O)CS2. The van der Waals surface area contributed by atoms with Gasteiger partial charge in [0.15, 0.2) is 0 Å². The van der Waals surface area contributed by atoms with E-state index in [2.05, 4.69) is 10.7 Å². The molecule has 6 N–H and O–H groups in total. The standard InChI is InChI=1S/C9H12N4OS/c10-9(13-11)5-1-2-7-6(3-5)12-8(14)4-15-7/h1-3,9,13H,4,10-11H2,(H,12,14). The van der Waals surface area contributed by atoms with E-state index in [0.717, 1.165) is 16.1 Å². The Balaban J connectivity index is 2.32. The Morgan fingerprint density at radius 3 is 3.07 bits per heavy atom. The maximum atomic E-state index is 11.2.